The van der Waals surface area contributed by atoms with Crippen molar-refractivity contribution in [1.29, 1.82) is 0 Å². The fourth-order valence-electron chi connectivity index (χ4n) is 1.85. The maximum Gasteiger partial charge on any atom is 0.234 e. The Morgan fingerprint density at radius 1 is 1.35 bits per heavy atom. The van der Waals surface area contributed by atoms with Gasteiger partial charge < -0.3 is 21.5 Å². The highest BCUT2D eigenvalue weighted by Gasteiger charge is 2.15. The predicted octanol–water partition coefficient (Wildman–Crippen LogP) is -0.0533. The lowest BCUT2D eigenvalue weighted by molar-refractivity contribution is -0.121. The summed E-state index contributed by atoms with van der Waals surface area (Å²) in [6, 6.07) is 7.16. The van der Waals surface area contributed by atoms with Gasteiger partial charge in [0.1, 0.15) is 5.75 Å². The van der Waals surface area contributed by atoms with Crippen LogP contribution in [0.15, 0.2) is 24.3 Å². The monoisotopic (exact) mass is 279 g/mol. The van der Waals surface area contributed by atoms with Crippen molar-refractivity contribution in [2.24, 2.45) is 11.5 Å². The quantitative estimate of drug-likeness (QED) is 0.589. The van der Waals surface area contributed by atoms with E-state index in [9.17, 15) is 9.59 Å². The highest BCUT2D eigenvalue weighted by molar-refractivity contribution is 5.81. The summed E-state index contributed by atoms with van der Waals surface area (Å²) in [6.45, 7) is 0.583. The lowest BCUT2D eigenvalue weighted by atomic mass is 10.1. The van der Waals surface area contributed by atoms with E-state index in [1.165, 1.54) is 0 Å². The number of rotatable bonds is 9. The maximum atomic E-state index is 11.2. The maximum absolute atomic E-state index is 11.2. The van der Waals surface area contributed by atoms with E-state index in [2.05, 4.69) is 5.32 Å². The normalized spacial score (nSPS) is 11.8. The Balaban J connectivity index is 2.43. The van der Waals surface area contributed by atoms with Crippen molar-refractivity contribution in [2.75, 3.05) is 13.7 Å². The first-order valence-corrected chi connectivity index (χ1v) is 6.47. The van der Waals surface area contributed by atoms with Gasteiger partial charge in [-0.1, -0.05) is 12.1 Å². The Hall–Kier alpha value is -2.08. The third-order valence-electron chi connectivity index (χ3n) is 2.96. The second kappa shape index (κ2) is 8.16. The average molecular weight is 279 g/mol. The van der Waals surface area contributed by atoms with Gasteiger partial charge in [0.25, 0.3) is 0 Å². The van der Waals surface area contributed by atoms with E-state index >= 15 is 0 Å². The van der Waals surface area contributed by atoms with Crippen LogP contribution in [0.3, 0.4) is 0 Å². The van der Waals surface area contributed by atoms with Gasteiger partial charge in [0, 0.05) is 6.42 Å². The van der Waals surface area contributed by atoms with Crippen molar-refractivity contribution in [1.82, 2.24) is 5.32 Å². The minimum Gasteiger partial charge on any atom is -0.497 e. The molecule has 20 heavy (non-hydrogen) atoms. The third kappa shape index (κ3) is 5.71. The minimum absolute atomic E-state index is 0.139. The van der Waals surface area contributed by atoms with Gasteiger partial charge in [-0.3, -0.25) is 9.59 Å². The smallest absolute Gasteiger partial charge is 0.234 e. The first kappa shape index (κ1) is 16.0. The summed E-state index contributed by atoms with van der Waals surface area (Å²) < 4.78 is 5.14. The lowest BCUT2D eigenvalue weighted by Gasteiger charge is -2.14. The Morgan fingerprint density at radius 2 is 2.10 bits per heavy atom. The van der Waals surface area contributed by atoms with E-state index in [4.69, 9.17) is 16.2 Å². The van der Waals surface area contributed by atoms with Crippen molar-refractivity contribution in [3.8, 4) is 5.75 Å². The number of hydrogen-bond donors (Lipinski definition) is 3. The van der Waals surface area contributed by atoms with Crippen molar-refractivity contribution < 1.29 is 14.3 Å². The minimum atomic E-state index is -0.534. The van der Waals surface area contributed by atoms with Crippen LogP contribution in [-0.2, 0) is 16.0 Å². The fourth-order valence-corrected chi connectivity index (χ4v) is 1.85. The van der Waals surface area contributed by atoms with Crippen LogP contribution in [0.5, 0.6) is 5.75 Å². The van der Waals surface area contributed by atoms with Crippen molar-refractivity contribution >= 4 is 11.8 Å². The highest BCUT2D eigenvalue weighted by atomic mass is 16.5. The van der Waals surface area contributed by atoms with Gasteiger partial charge in [0.05, 0.1) is 13.2 Å². The van der Waals surface area contributed by atoms with Crippen LogP contribution >= 0.6 is 0 Å². The number of ether oxygens (including phenoxy) is 1. The molecule has 6 nitrogen and oxygen atoms in total. The molecule has 0 aliphatic rings. The molecule has 1 aromatic rings. The molecule has 0 aliphatic heterocycles. The molecule has 0 saturated heterocycles. The third-order valence-corrected chi connectivity index (χ3v) is 2.96. The van der Waals surface area contributed by atoms with Gasteiger partial charge in [-0.2, -0.15) is 0 Å². The van der Waals surface area contributed by atoms with Gasteiger partial charge in [-0.05, 0) is 37.1 Å². The molecular weight excluding hydrogens is 258 g/mol. The first-order valence-electron chi connectivity index (χ1n) is 6.47. The Bertz CT molecular complexity index is 463. The number of nitrogens with one attached hydrogen (secondary N) is 1. The van der Waals surface area contributed by atoms with Crippen molar-refractivity contribution in [3.05, 3.63) is 29.8 Å². The Morgan fingerprint density at radius 3 is 2.70 bits per heavy atom. The van der Waals surface area contributed by atoms with Crippen LogP contribution < -0.4 is 21.5 Å². The van der Waals surface area contributed by atoms with Crippen LogP contribution in [0.1, 0.15) is 18.4 Å². The number of carbonyl (C=O) groups excluding carboxylic acids is 2. The number of carbonyl (C=O) groups is 2. The molecule has 2 amide bonds. The summed E-state index contributed by atoms with van der Waals surface area (Å²) >= 11 is 0. The summed E-state index contributed by atoms with van der Waals surface area (Å²) in [5.74, 6) is -0.120. The summed E-state index contributed by atoms with van der Waals surface area (Å²) in [5.41, 5.74) is 11.4. The summed E-state index contributed by atoms with van der Waals surface area (Å²) in [5, 5.41) is 3.04. The molecule has 6 heteroatoms. The van der Waals surface area contributed by atoms with Gasteiger partial charge in [0.2, 0.25) is 11.8 Å². The number of amides is 2. The molecule has 0 bridgehead atoms. The van der Waals surface area contributed by atoms with Gasteiger partial charge in [-0.25, -0.2) is 0 Å². The van der Waals surface area contributed by atoms with E-state index < -0.39 is 17.9 Å². The summed E-state index contributed by atoms with van der Waals surface area (Å²) in [4.78, 5) is 22.0. The molecule has 0 spiro atoms. The van der Waals surface area contributed by atoms with Gasteiger partial charge in [-0.15, -0.1) is 0 Å². The van der Waals surface area contributed by atoms with E-state index in [-0.39, 0.29) is 6.42 Å². The zero-order valence-corrected chi connectivity index (χ0v) is 11.6. The zero-order chi connectivity index (χ0) is 15.0. The van der Waals surface area contributed by atoms with Crippen LogP contribution in [0, 0.1) is 0 Å². The second-order valence-electron chi connectivity index (χ2n) is 4.52. The largest absolute Gasteiger partial charge is 0.497 e. The Labute approximate surface area is 118 Å². The average Bonchev–Trinajstić information content (AvgIpc) is 2.42. The molecule has 0 unspecified atom stereocenters. The molecule has 0 fully saturated rings. The van der Waals surface area contributed by atoms with E-state index in [0.29, 0.717) is 13.0 Å². The molecule has 0 aliphatic carbocycles. The standard InChI is InChI=1S/C14H21N3O3/c1-20-11-4-2-3-10(9-11)7-8-17-12(14(16)19)5-6-13(15)18/h2-4,9,12,17H,5-8H2,1H3,(H2,15,18)(H2,16,19)/t12-/m0/s1. The molecule has 1 rings (SSSR count). The number of methoxy groups -OCH3 is 1. The van der Waals surface area contributed by atoms with Crippen molar-refractivity contribution in [2.45, 2.75) is 25.3 Å². The number of benzene rings is 1. The van der Waals surface area contributed by atoms with Crippen LogP contribution in [0.2, 0.25) is 0 Å². The number of primary amides is 2. The SMILES string of the molecule is COc1cccc(CCN[C@@H](CCC(N)=O)C(N)=O)c1. The van der Waals surface area contributed by atoms with Gasteiger partial charge in [0.15, 0.2) is 0 Å². The molecule has 1 aromatic carbocycles. The number of nitrogens with two attached hydrogens (primary N) is 2. The molecule has 0 aromatic heterocycles. The number of hydrogen-bond acceptors (Lipinski definition) is 4. The van der Waals surface area contributed by atoms with E-state index in [1.54, 1.807) is 7.11 Å². The van der Waals surface area contributed by atoms with E-state index in [0.717, 1.165) is 17.7 Å². The van der Waals surface area contributed by atoms with Gasteiger partial charge >= 0.3 is 0 Å². The first-order chi connectivity index (χ1) is 9.52. The second-order valence-corrected chi connectivity index (χ2v) is 4.52. The topological polar surface area (TPSA) is 107 Å². The molecule has 0 radical (unpaired) electrons. The predicted molar refractivity (Wildman–Crippen MR) is 76.1 cm³/mol. The van der Waals surface area contributed by atoms with Crippen LogP contribution in [0.4, 0.5) is 0 Å². The summed E-state index contributed by atoms with van der Waals surface area (Å²) in [7, 11) is 1.62. The van der Waals surface area contributed by atoms with Crippen LogP contribution in [-0.4, -0.2) is 31.5 Å². The van der Waals surface area contributed by atoms with Crippen molar-refractivity contribution in [3.63, 3.8) is 0 Å². The zero-order valence-electron chi connectivity index (χ0n) is 11.6. The van der Waals surface area contributed by atoms with E-state index in [1.807, 2.05) is 24.3 Å². The molecule has 5 N–H and O–H groups in total. The molecule has 0 saturated carbocycles. The summed E-state index contributed by atoms with van der Waals surface area (Å²) in [6.07, 6.45) is 1.19. The fraction of sp³-hybridized carbons (Fsp3) is 0.429. The molecular formula is C14H21N3O3. The molecule has 1 atom stereocenters. The molecule has 110 valence electrons. The lowest BCUT2D eigenvalue weighted by Crippen LogP contribution is -2.42. The molecule has 0 heterocycles. The van der Waals surface area contributed by atoms with Crippen LogP contribution in [0.25, 0.3) is 0 Å². The highest BCUT2D eigenvalue weighted by Crippen LogP contribution is 2.12. The Kier molecular flexibility index (Phi) is 6.52.